The maximum absolute atomic E-state index is 12.6. The van der Waals surface area contributed by atoms with E-state index in [4.69, 9.17) is 9.47 Å². The molecule has 1 aromatic heterocycles. The molecule has 1 fully saturated rings. The second-order valence-electron chi connectivity index (χ2n) is 7.06. The number of hydrogen-bond acceptors (Lipinski definition) is 6. The Kier molecular flexibility index (Phi) is 5.00. The van der Waals surface area contributed by atoms with E-state index in [-0.39, 0.29) is 24.8 Å². The summed E-state index contributed by atoms with van der Waals surface area (Å²) in [6.07, 6.45) is 3.25. The van der Waals surface area contributed by atoms with Crippen LogP contribution in [0.25, 0.3) is 0 Å². The Hall–Kier alpha value is -2.58. The molecule has 1 saturated heterocycles. The normalized spacial score (nSPS) is 18.4. The number of piperidine rings is 1. The second-order valence-corrected chi connectivity index (χ2v) is 7.06. The third-order valence-electron chi connectivity index (χ3n) is 4.97. The topological polar surface area (TPSA) is 88.9 Å². The maximum atomic E-state index is 12.6. The van der Waals surface area contributed by atoms with Crippen LogP contribution in [0.5, 0.6) is 11.5 Å². The predicted molar refractivity (Wildman–Crippen MR) is 99.1 cm³/mol. The number of amides is 1. The first kappa shape index (κ1) is 17.8. The zero-order chi connectivity index (χ0) is 18.8. The summed E-state index contributed by atoms with van der Waals surface area (Å²) >= 11 is 0. The van der Waals surface area contributed by atoms with Crippen LogP contribution in [0.3, 0.4) is 0 Å². The third kappa shape index (κ3) is 3.91. The first-order valence-corrected chi connectivity index (χ1v) is 9.25. The minimum atomic E-state index is -0.317. The number of likely N-dealkylation sites (tertiary alicyclic amines) is 1. The lowest BCUT2D eigenvalue weighted by atomic mass is 10.0. The number of rotatable bonds is 5. The molecule has 0 spiro atoms. The summed E-state index contributed by atoms with van der Waals surface area (Å²) in [6, 6.07) is 7.20. The van der Waals surface area contributed by atoms with Crippen LogP contribution in [0.15, 0.2) is 30.5 Å². The average Bonchev–Trinajstić information content (AvgIpc) is 3.30. The van der Waals surface area contributed by atoms with Crippen LogP contribution in [-0.2, 0) is 0 Å². The molecule has 1 unspecified atom stereocenters. The molecule has 0 aliphatic carbocycles. The van der Waals surface area contributed by atoms with Crippen LogP contribution in [0.4, 0.5) is 5.82 Å². The van der Waals surface area contributed by atoms with E-state index in [0.717, 1.165) is 25.9 Å². The monoisotopic (exact) mass is 372 g/mol. The number of carbonyl (C=O) groups excluding carboxylic acids is 1. The van der Waals surface area contributed by atoms with Gasteiger partial charge in [-0.25, -0.2) is 4.68 Å². The van der Waals surface area contributed by atoms with E-state index >= 15 is 0 Å². The molecule has 2 N–H and O–H groups in total. The standard InChI is InChI=1S/C19H24N4O4/c1-13(24)11-22-8-5-15(6-9-22)23-18(4-7-20-23)21-19(25)14-2-3-16-17(10-14)27-12-26-16/h2-4,7,10,13,15,24H,5-6,8-9,11-12H2,1H3,(H,21,25). The molecule has 2 aliphatic rings. The summed E-state index contributed by atoms with van der Waals surface area (Å²) in [7, 11) is 0. The number of ether oxygens (including phenoxy) is 2. The van der Waals surface area contributed by atoms with Crippen molar-refractivity contribution in [2.75, 3.05) is 31.7 Å². The highest BCUT2D eigenvalue weighted by molar-refractivity contribution is 6.04. The van der Waals surface area contributed by atoms with Crippen molar-refractivity contribution in [3.8, 4) is 11.5 Å². The van der Waals surface area contributed by atoms with E-state index in [1.165, 1.54) is 0 Å². The number of carbonyl (C=O) groups is 1. The Morgan fingerprint density at radius 1 is 1.30 bits per heavy atom. The zero-order valence-corrected chi connectivity index (χ0v) is 15.3. The Morgan fingerprint density at radius 2 is 2.07 bits per heavy atom. The van der Waals surface area contributed by atoms with Crippen molar-refractivity contribution in [2.45, 2.75) is 31.9 Å². The minimum absolute atomic E-state index is 0.181. The summed E-state index contributed by atoms with van der Waals surface area (Å²) in [4.78, 5) is 14.9. The fourth-order valence-corrected chi connectivity index (χ4v) is 3.65. The zero-order valence-electron chi connectivity index (χ0n) is 15.3. The van der Waals surface area contributed by atoms with E-state index in [9.17, 15) is 9.90 Å². The molecule has 8 nitrogen and oxygen atoms in total. The van der Waals surface area contributed by atoms with Gasteiger partial charge in [0.05, 0.1) is 18.3 Å². The van der Waals surface area contributed by atoms with E-state index < -0.39 is 0 Å². The fraction of sp³-hybridized carbons (Fsp3) is 0.474. The molecule has 27 heavy (non-hydrogen) atoms. The van der Waals surface area contributed by atoms with Crippen molar-refractivity contribution < 1.29 is 19.4 Å². The smallest absolute Gasteiger partial charge is 0.256 e. The third-order valence-corrected chi connectivity index (χ3v) is 4.97. The van der Waals surface area contributed by atoms with Gasteiger partial charge in [-0.15, -0.1) is 0 Å². The fourth-order valence-electron chi connectivity index (χ4n) is 3.65. The Bertz CT molecular complexity index is 812. The summed E-state index contributed by atoms with van der Waals surface area (Å²) in [5, 5.41) is 16.9. The van der Waals surface area contributed by atoms with E-state index in [1.807, 2.05) is 17.7 Å². The largest absolute Gasteiger partial charge is 0.454 e. The molecular formula is C19H24N4O4. The molecule has 0 bridgehead atoms. The quantitative estimate of drug-likeness (QED) is 0.833. The molecule has 144 valence electrons. The number of β-amino-alcohol motifs (C(OH)–C–C–N with tert-alkyl or cyclic N) is 1. The van der Waals surface area contributed by atoms with Crippen molar-refractivity contribution in [1.82, 2.24) is 14.7 Å². The molecule has 2 aromatic rings. The lowest BCUT2D eigenvalue weighted by Gasteiger charge is -2.33. The van der Waals surface area contributed by atoms with Crippen LogP contribution in [0, 0.1) is 0 Å². The number of nitrogens with zero attached hydrogens (tertiary/aromatic N) is 3. The number of nitrogens with one attached hydrogen (secondary N) is 1. The van der Waals surface area contributed by atoms with Gasteiger partial charge in [-0.1, -0.05) is 0 Å². The molecule has 1 amide bonds. The van der Waals surface area contributed by atoms with Gasteiger partial charge in [-0.05, 0) is 38.0 Å². The van der Waals surface area contributed by atoms with Gasteiger partial charge in [0.2, 0.25) is 6.79 Å². The Balaban J connectivity index is 1.41. The summed E-state index contributed by atoms with van der Waals surface area (Å²) < 4.78 is 12.5. The highest BCUT2D eigenvalue weighted by atomic mass is 16.7. The molecular weight excluding hydrogens is 348 g/mol. The van der Waals surface area contributed by atoms with Crippen molar-refractivity contribution in [1.29, 1.82) is 0 Å². The van der Waals surface area contributed by atoms with Crippen LogP contribution in [0.1, 0.15) is 36.2 Å². The molecule has 1 atom stereocenters. The first-order valence-electron chi connectivity index (χ1n) is 9.25. The van der Waals surface area contributed by atoms with E-state index in [0.29, 0.717) is 29.4 Å². The number of hydrogen-bond donors (Lipinski definition) is 2. The van der Waals surface area contributed by atoms with Gasteiger partial charge < -0.3 is 24.8 Å². The Morgan fingerprint density at radius 3 is 2.85 bits per heavy atom. The van der Waals surface area contributed by atoms with Gasteiger partial charge in [-0.2, -0.15) is 5.10 Å². The summed E-state index contributed by atoms with van der Waals surface area (Å²) in [5.41, 5.74) is 0.513. The number of benzene rings is 1. The van der Waals surface area contributed by atoms with E-state index in [2.05, 4.69) is 15.3 Å². The summed E-state index contributed by atoms with van der Waals surface area (Å²) in [5.74, 6) is 1.72. The van der Waals surface area contributed by atoms with Crippen molar-refractivity contribution >= 4 is 11.7 Å². The first-order chi connectivity index (χ1) is 13.1. The molecule has 4 rings (SSSR count). The van der Waals surface area contributed by atoms with Crippen LogP contribution >= 0.6 is 0 Å². The molecule has 0 saturated carbocycles. The van der Waals surface area contributed by atoms with Gasteiger partial charge in [-0.3, -0.25) is 4.79 Å². The average molecular weight is 372 g/mol. The van der Waals surface area contributed by atoms with Crippen molar-refractivity contribution in [3.05, 3.63) is 36.0 Å². The number of aromatic nitrogens is 2. The van der Waals surface area contributed by atoms with Gasteiger partial charge in [0, 0.05) is 31.3 Å². The number of aliphatic hydroxyl groups excluding tert-OH is 1. The van der Waals surface area contributed by atoms with Gasteiger partial charge in [0.1, 0.15) is 5.82 Å². The van der Waals surface area contributed by atoms with Gasteiger partial charge in [0.25, 0.3) is 5.91 Å². The molecule has 1 aromatic carbocycles. The van der Waals surface area contributed by atoms with Crippen molar-refractivity contribution in [3.63, 3.8) is 0 Å². The maximum Gasteiger partial charge on any atom is 0.256 e. The van der Waals surface area contributed by atoms with Crippen LogP contribution in [0.2, 0.25) is 0 Å². The highest BCUT2D eigenvalue weighted by Gasteiger charge is 2.24. The van der Waals surface area contributed by atoms with E-state index in [1.54, 1.807) is 24.4 Å². The number of fused-ring (bicyclic) bond motifs is 1. The number of anilines is 1. The predicted octanol–water partition coefficient (Wildman–Crippen LogP) is 1.88. The van der Waals surface area contributed by atoms with Crippen molar-refractivity contribution in [2.24, 2.45) is 0 Å². The molecule has 0 radical (unpaired) electrons. The van der Waals surface area contributed by atoms with Crippen LogP contribution < -0.4 is 14.8 Å². The summed E-state index contributed by atoms with van der Waals surface area (Å²) in [6.45, 7) is 4.50. The highest BCUT2D eigenvalue weighted by Crippen LogP contribution is 2.33. The second kappa shape index (κ2) is 7.58. The lowest BCUT2D eigenvalue weighted by Crippen LogP contribution is -2.39. The Labute approximate surface area is 157 Å². The van der Waals surface area contributed by atoms with Gasteiger partial charge >= 0.3 is 0 Å². The lowest BCUT2D eigenvalue weighted by molar-refractivity contribution is 0.0987. The molecule has 3 heterocycles. The SMILES string of the molecule is CC(O)CN1CCC(n2nccc2NC(=O)c2ccc3c(c2)OCO3)CC1. The molecule has 2 aliphatic heterocycles. The van der Waals surface area contributed by atoms with Gasteiger partial charge in [0.15, 0.2) is 11.5 Å². The minimum Gasteiger partial charge on any atom is -0.454 e. The number of aliphatic hydroxyl groups is 1. The van der Waals surface area contributed by atoms with Crippen LogP contribution in [-0.4, -0.2) is 58.2 Å². The molecule has 8 heteroatoms.